The van der Waals surface area contributed by atoms with Crippen molar-refractivity contribution in [3.8, 4) is 11.1 Å². The summed E-state index contributed by atoms with van der Waals surface area (Å²) in [7, 11) is -4.31. The van der Waals surface area contributed by atoms with Crippen molar-refractivity contribution in [3.05, 3.63) is 102 Å². The van der Waals surface area contributed by atoms with E-state index in [4.69, 9.17) is 0 Å². The quantitative estimate of drug-likeness (QED) is 0.215. The molecule has 0 atom stereocenters. The van der Waals surface area contributed by atoms with E-state index >= 15 is 0 Å². The number of carbonyl (C=O) groups excluding carboxylic acids is 1. The Morgan fingerprint density at radius 3 is 2.37 bits per heavy atom. The fraction of sp³-hybridized carbons (Fsp3) is 0.200. The molecule has 2 amide bonds. The lowest BCUT2D eigenvalue weighted by Crippen LogP contribution is -2.43. The van der Waals surface area contributed by atoms with Gasteiger partial charge < -0.3 is 20.9 Å². The number of amides is 2. The lowest BCUT2D eigenvalue weighted by Gasteiger charge is -2.29. The number of anilines is 3. The third-order valence-corrected chi connectivity index (χ3v) is 8.25. The van der Waals surface area contributed by atoms with Crippen molar-refractivity contribution in [2.24, 2.45) is 0 Å². The van der Waals surface area contributed by atoms with E-state index in [1.54, 1.807) is 36.7 Å². The predicted octanol–water partition coefficient (Wildman–Crippen LogP) is 5.30. The Labute approximate surface area is 247 Å². The molecule has 1 aliphatic heterocycles. The van der Waals surface area contributed by atoms with Crippen molar-refractivity contribution >= 4 is 33.1 Å². The van der Waals surface area contributed by atoms with Gasteiger partial charge in [0, 0.05) is 67.7 Å². The van der Waals surface area contributed by atoms with Crippen molar-refractivity contribution in [1.29, 1.82) is 0 Å². The van der Waals surface area contributed by atoms with Crippen molar-refractivity contribution < 1.29 is 26.4 Å². The molecule has 0 bridgehead atoms. The molecule has 0 aliphatic carbocycles. The first-order chi connectivity index (χ1) is 20.6. The molecule has 1 aromatic heterocycles. The van der Waals surface area contributed by atoms with Gasteiger partial charge in [0.15, 0.2) is 0 Å². The molecule has 0 spiro atoms. The van der Waals surface area contributed by atoms with Crippen molar-refractivity contribution in [2.45, 2.75) is 17.6 Å². The molecule has 0 radical (unpaired) electrons. The van der Waals surface area contributed by atoms with E-state index in [2.05, 4.69) is 30.6 Å². The highest BCUT2D eigenvalue weighted by molar-refractivity contribution is 7.92. The van der Waals surface area contributed by atoms with Gasteiger partial charge in [0.2, 0.25) is 0 Å². The molecule has 1 saturated heterocycles. The standard InChI is InChI=1S/C30H29F3N6O3S/c31-30(32,33)23-6-11-28(27(18-23)22-4-1-5-26(17-22)39-15-13-34-14-16-39)43(41,42)38-25-9-7-24(8-10-25)37-29(40)36-20-21-3-2-12-35-19-21/h1-12,17-19,34,38H,13-16,20H2,(H2,36,37,40). The number of rotatable bonds is 8. The second-order valence-electron chi connectivity index (χ2n) is 9.85. The molecule has 3 aromatic carbocycles. The largest absolute Gasteiger partial charge is 0.416 e. The zero-order chi connectivity index (χ0) is 30.5. The minimum absolute atomic E-state index is 0.0668. The highest BCUT2D eigenvalue weighted by atomic mass is 32.2. The first-order valence-corrected chi connectivity index (χ1v) is 14.9. The number of hydrogen-bond acceptors (Lipinski definition) is 6. The molecule has 1 aliphatic rings. The van der Waals surface area contributed by atoms with Crippen LogP contribution in [0.1, 0.15) is 11.1 Å². The maximum Gasteiger partial charge on any atom is 0.416 e. The van der Waals surface area contributed by atoms with E-state index in [0.717, 1.165) is 55.6 Å². The Kier molecular flexibility index (Phi) is 8.83. The van der Waals surface area contributed by atoms with Gasteiger partial charge in [-0.05, 0) is 71.8 Å². The molecular formula is C30H29F3N6O3S. The summed E-state index contributed by atoms with van der Waals surface area (Å²) >= 11 is 0. The van der Waals surface area contributed by atoms with Crippen LogP contribution in [-0.4, -0.2) is 45.6 Å². The van der Waals surface area contributed by atoms with Crippen LogP contribution in [0.3, 0.4) is 0 Å². The molecule has 9 nitrogen and oxygen atoms in total. The number of halogens is 3. The lowest BCUT2D eigenvalue weighted by atomic mass is 10.0. The summed E-state index contributed by atoms with van der Waals surface area (Å²) in [4.78, 5) is 18.0. The topological polar surface area (TPSA) is 115 Å². The number of sulfonamides is 1. The Balaban J connectivity index is 1.36. The monoisotopic (exact) mass is 610 g/mol. The lowest BCUT2D eigenvalue weighted by molar-refractivity contribution is -0.137. The Hall–Kier alpha value is -4.62. The smallest absolute Gasteiger partial charge is 0.369 e. The average Bonchev–Trinajstić information content (AvgIpc) is 3.01. The molecule has 0 saturated carbocycles. The van der Waals surface area contributed by atoms with Gasteiger partial charge in [-0.15, -0.1) is 0 Å². The number of nitrogens with zero attached hydrogens (tertiary/aromatic N) is 2. The van der Waals surface area contributed by atoms with E-state index in [1.165, 1.54) is 24.3 Å². The maximum atomic E-state index is 13.7. The van der Waals surface area contributed by atoms with Crippen LogP contribution in [0.25, 0.3) is 11.1 Å². The second kappa shape index (κ2) is 12.7. The van der Waals surface area contributed by atoms with Crippen LogP contribution in [-0.2, 0) is 22.7 Å². The third kappa shape index (κ3) is 7.62. The number of alkyl halides is 3. The second-order valence-corrected chi connectivity index (χ2v) is 11.5. The normalized spacial score (nSPS) is 13.8. The van der Waals surface area contributed by atoms with Gasteiger partial charge in [-0.2, -0.15) is 13.2 Å². The molecule has 4 aromatic rings. The number of urea groups is 1. The molecule has 13 heteroatoms. The predicted molar refractivity (Wildman–Crippen MR) is 159 cm³/mol. The first-order valence-electron chi connectivity index (χ1n) is 13.4. The van der Waals surface area contributed by atoms with Crippen LogP contribution in [0, 0.1) is 0 Å². The Bertz CT molecular complexity index is 1680. The summed E-state index contributed by atoms with van der Waals surface area (Å²) in [5, 5.41) is 8.60. The van der Waals surface area contributed by atoms with E-state index in [-0.39, 0.29) is 22.7 Å². The zero-order valence-electron chi connectivity index (χ0n) is 22.9. The first kappa shape index (κ1) is 29.9. The summed E-state index contributed by atoms with van der Waals surface area (Å²) in [6.45, 7) is 3.24. The molecule has 5 rings (SSSR count). The molecular weight excluding hydrogens is 581 g/mol. The zero-order valence-corrected chi connectivity index (χ0v) is 23.7. The van der Waals surface area contributed by atoms with Crippen molar-refractivity contribution in [1.82, 2.24) is 15.6 Å². The molecule has 0 unspecified atom stereocenters. The van der Waals surface area contributed by atoms with Gasteiger partial charge in [0.25, 0.3) is 10.0 Å². The maximum absolute atomic E-state index is 13.7. The summed E-state index contributed by atoms with van der Waals surface area (Å²) in [5.41, 5.74) is 1.52. The van der Waals surface area contributed by atoms with Crippen molar-refractivity contribution in [3.63, 3.8) is 0 Å². The SMILES string of the molecule is O=C(NCc1cccnc1)Nc1ccc(NS(=O)(=O)c2ccc(C(F)(F)F)cc2-c2cccc(N3CCNCC3)c2)cc1. The van der Waals surface area contributed by atoms with Gasteiger partial charge in [-0.25, -0.2) is 13.2 Å². The summed E-state index contributed by atoms with van der Waals surface area (Å²) in [6, 6.07) is 18.5. The van der Waals surface area contributed by atoms with Crippen LogP contribution in [0.2, 0.25) is 0 Å². The summed E-state index contributed by atoms with van der Waals surface area (Å²) in [5.74, 6) is 0. The van der Waals surface area contributed by atoms with Gasteiger partial charge in [0.05, 0.1) is 10.5 Å². The van der Waals surface area contributed by atoms with Gasteiger partial charge >= 0.3 is 12.2 Å². The minimum Gasteiger partial charge on any atom is -0.369 e. The molecule has 1 fully saturated rings. The highest BCUT2D eigenvalue weighted by Crippen LogP contribution is 2.37. The molecule has 224 valence electrons. The van der Waals surface area contributed by atoms with E-state index in [0.29, 0.717) is 11.3 Å². The number of nitrogens with one attached hydrogen (secondary N) is 4. The summed E-state index contributed by atoms with van der Waals surface area (Å²) in [6.07, 6.45) is -1.40. The molecule has 4 N–H and O–H groups in total. The van der Waals surface area contributed by atoms with Crippen LogP contribution < -0.4 is 25.6 Å². The van der Waals surface area contributed by atoms with Crippen LogP contribution in [0.15, 0.2) is 96.2 Å². The molecule has 43 heavy (non-hydrogen) atoms. The van der Waals surface area contributed by atoms with Gasteiger partial charge in [-0.3, -0.25) is 9.71 Å². The van der Waals surface area contributed by atoms with E-state index in [9.17, 15) is 26.4 Å². The fourth-order valence-corrected chi connectivity index (χ4v) is 5.92. The summed E-state index contributed by atoms with van der Waals surface area (Å²) < 4.78 is 70.5. The number of hydrogen-bond donors (Lipinski definition) is 4. The average molecular weight is 611 g/mol. The number of benzene rings is 3. The van der Waals surface area contributed by atoms with Crippen LogP contribution in [0.5, 0.6) is 0 Å². The number of pyridine rings is 1. The van der Waals surface area contributed by atoms with Crippen molar-refractivity contribution in [2.75, 3.05) is 41.1 Å². The Morgan fingerprint density at radius 1 is 0.930 bits per heavy atom. The highest BCUT2D eigenvalue weighted by Gasteiger charge is 2.32. The number of aromatic nitrogens is 1. The Morgan fingerprint density at radius 2 is 1.67 bits per heavy atom. The molecule has 2 heterocycles. The van der Waals surface area contributed by atoms with Gasteiger partial charge in [-0.1, -0.05) is 18.2 Å². The minimum atomic E-state index is -4.66. The third-order valence-electron chi connectivity index (χ3n) is 6.81. The van der Waals surface area contributed by atoms with Gasteiger partial charge in [0.1, 0.15) is 0 Å². The van der Waals surface area contributed by atoms with Crippen LogP contribution >= 0.6 is 0 Å². The van der Waals surface area contributed by atoms with E-state index < -0.39 is 27.8 Å². The fourth-order valence-electron chi connectivity index (χ4n) is 4.65. The number of piperazine rings is 1. The van der Waals surface area contributed by atoms with E-state index in [1.807, 2.05) is 12.1 Å². The number of carbonyl (C=O) groups is 1. The van der Waals surface area contributed by atoms with Crippen LogP contribution in [0.4, 0.5) is 35.0 Å².